The van der Waals surface area contributed by atoms with Gasteiger partial charge in [-0.3, -0.25) is 0 Å². The Kier molecular flexibility index (Phi) is 3.58. The number of aromatic hydroxyl groups is 1. The van der Waals surface area contributed by atoms with Crippen molar-refractivity contribution in [2.45, 2.75) is 19.8 Å². The van der Waals surface area contributed by atoms with E-state index < -0.39 is 0 Å². The fourth-order valence-electron chi connectivity index (χ4n) is 1.30. The number of aryl methyl sites for hydroxylation is 1. The van der Waals surface area contributed by atoms with E-state index in [1.54, 1.807) is 12.1 Å². The Labute approximate surface area is 82.8 Å². The van der Waals surface area contributed by atoms with Crippen LogP contribution in [0.5, 0.6) is 5.75 Å². The van der Waals surface area contributed by atoms with Crippen molar-refractivity contribution in [3.05, 3.63) is 28.3 Å². The number of hydrogen-bond donors (Lipinski definition) is 2. The summed E-state index contributed by atoms with van der Waals surface area (Å²) in [6.45, 7) is 1.98. The van der Waals surface area contributed by atoms with E-state index in [4.69, 9.17) is 16.7 Å². The van der Waals surface area contributed by atoms with Crippen LogP contribution in [0.3, 0.4) is 0 Å². The van der Waals surface area contributed by atoms with E-state index in [1.807, 2.05) is 6.92 Å². The highest BCUT2D eigenvalue weighted by Gasteiger charge is 2.07. The fourth-order valence-corrected chi connectivity index (χ4v) is 1.56. The van der Waals surface area contributed by atoms with E-state index in [0.29, 0.717) is 17.0 Å². The SMILES string of the molecule is CCc1cc(Cl)cc(CCO)c1O. The number of halogens is 1. The molecular formula is C10H13ClO2. The first kappa shape index (κ1) is 10.4. The lowest BCUT2D eigenvalue weighted by atomic mass is 10.0. The Balaban J connectivity index is 3.11. The molecule has 0 spiro atoms. The first-order valence-electron chi connectivity index (χ1n) is 4.30. The van der Waals surface area contributed by atoms with Crippen LogP contribution in [0.1, 0.15) is 18.1 Å². The molecule has 0 fully saturated rings. The van der Waals surface area contributed by atoms with Crippen molar-refractivity contribution in [1.29, 1.82) is 0 Å². The monoisotopic (exact) mass is 200 g/mol. The second-order valence-corrected chi connectivity index (χ2v) is 3.34. The summed E-state index contributed by atoms with van der Waals surface area (Å²) in [5, 5.41) is 19.0. The lowest BCUT2D eigenvalue weighted by molar-refractivity contribution is 0.297. The molecule has 3 heteroatoms. The Bertz CT molecular complexity index is 297. The molecule has 0 unspecified atom stereocenters. The second-order valence-electron chi connectivity index (χ2n) is 2.90. The molecule has 2 N–H and O–H groups in total. The highest BCUT2D eigenvalue weighted by molar-refractivity contribution is 6.30. The summed E-state index contributed by atoms with van der Waals surface area (Å²) in [4.78, 5) is 0. The van der Waals surface area contributed by atoms with Crippen molar-refractivity contribution < 1.29 is 10.2 Å². The van der Waals surface area contributed by atoms with Crippen LogP contribution in [-0.4, -0.2) is 16.8 Å². The first-order valence-corrected chi connectivity index (χ1v) is 4.68. The number of hydrogen-bond acceptors (Lipinski definition) is 2. The summed E-state index contributed by atoms with van der Waals surface area (Å²) < 4.78 is 0. The molecule has 0 atom stereocenters. The van der Waals surface area contributed by atoms with Gasteiger partial charge in [-0.15, -0.1) is 0 Å². The number of phenols is 1. The molecule has 72 valence electrons. The van der Waals surface area contributed by atoms with E-state index in [2.05, 4.69) is 0 Å². The van der Waals surface area contributed by atoms with Gasteiger partial charge in [-0.05, 0) is 36.1 Å². The van der Waals surface area contributed by atoms with Crippen molar-refractivity contribution in [3.8, 4) is 5.75 Å². The van der Waals surface area contributed by atoms with Gasteiger partial charge in [-0.2, -0.15) is 0 Å². The van der Waals surface area contributed by atoms with Crippen LogP contribution in [0.25, 0.3) is 0 Å². The van der Waals surface area contributed by atoms with Crippen molar-refractivity contribution in [3.63, 3.8) is 0 Å². The van der Waals surface area contributed by atoms with E-state index in [1.165, 1.54) is 0 Å². The predicted octanol–water partition coefficient (Wildman–Crippen LogP) is 2.14. The van der Waals surface area contributed by atoms with Gasteiger partial charge in [0.05, 0.1) is 0 Å². The normalized spacial score (nSPS) is 10.4. The molecule has 0 radical (unpaired) electrons. The number of aliphatic hydroxyl groups excluding tert-OH is 1. The Morgan fingerprint density at radius 2 is 1.92 bits per heavy atom. The molecule has 1 aromatic carbocycles. The van der Waals surface area contributed by atoms with Crippen LogP contribution in [0.2, 0.25) is 5.02 Å². The van der Waals surface area contributed by atoms with Gasteiger partial charge in [0.15, 0.2) is 0 Å². The van der Waals surface area contributed by atoms with Crippen molar-refractivity contribution in [2.75, 3.05) is 6.61 Å². The average molecular weight is 201 g/mol. The summed E-state index contributed by atoms with van der Waals surface area (Å²) in [5.74, 6) is 0.265. The van der Waals surface area contributed by atoms with Gasteiger partial charge in [0.1, 0.15) is 5.75 Å². The van der Waals surface area contributed by atoms with Crippen LogP contribution in [-0.2, 0) is 12.8 Å². The maximum atomic E-state index is 9.67. The smallest absolute Gasteiger partial charge is 0.122 e. The zero-order valence-corrected chi connectivity index (χ0v) is 8.30. The standard InChI is InChI=1S/C10H13ClO2/c1-2-7-5-9(11)6-8(3-4-12)10(7)13/h5-6,12-13H,2-4H2,1H3. The maximum Gasteiger partial charge on any atom is 0.122 e. The van der Waals surface area contributed by atoms with Crippen molar-refractivity contribution >= 4 is 11.6 Å². The van der Waals surface area contributed by atoms with Gasteiger partial charge in [0, 0.05) is 11.6 Å². The number of benzene rings is 1. The van der Waals surface area contributed by atoms with Gasteiger partial charge in [0.25, 0.3) is 0 Å². The molecule has 0 heterocycles. The molecule has 0 aliphatic rings. The Hall–Kier alpha value is -0.730. The van der Waals surface area contributed by atoms with Gasteiger partial charge >= 0.3 is 0 Å². The third-order valence-electron chi connectivity index (χ3n) is 1.99. The van der Waals surface area contributed by atoms with Crippen molar-refractivity contribution in [2.24, 2.45) is 0 Å². The lowest BCUT2D eigenvalue weighted by Crippen LogP contribution is -1.94. The van der Waals surface area contributed by atoms with Gasteiger partial charge < -0.3 is 10.2 Å². The van der Waals surface area contributed by atoms with E-state index in [0.717, 1.165) is 12.0 Å². The Morgan fingerprint density at radius 1 is 1.31 bits per heavy atom. The maximum absolute atomic E-state index is 9.67. The molecule has 13 heavy (non-hydrogen) atoms. The summed E-state index contributed by atoms with van der Waals surface area (Å²) in [6, 6.07) is 3.43. The third kappa shape index (κ3) is 2.36. The molecule has 0 amide bonds. The van der Waals surface area contributed by atoms with Gasteiger partial charge in [0.2, 0.25) is 0 Å². The topological polar surface area (TPSA) is 40.5 Å². The molecular weight excluding hydrogens is 188 g/mol. The molecule has 1 aromatic rings. The third-order valence-corrected chi connectivity index (χ3v) is 2.21. The lowest BCUT2D eigenvalue weighted by Gasteiger charge is -2.08. The first-order chi connectivity index (χ1) is 6.19. The minimum Gasteiger partial charge on any atom is -0.507 e. The zero-order chi connectivity index (χ0) is 9.84. The van der Waals surface area contributed by atoms with Crippen LogP contribution >= 0.6 is 11.6 Å². The van der Waals surface area contributed by atoms with Crippen LogP contribution < -0.4 is 0 Å². The predicted molar refractivity (Wildman–Crippen MR) is 53.3 cm³/mol. The number of aliphatic hydroxyl groups is 1. The van der Waals surface area contributed by atoms with E-state index >= 15 is 0 Å². The van der Waals surface area contributed by atoms with Crippen LogP contribution in [0.4, 0.5) is 0 Å². The Morgan fingerprint density at radius 3 is 2.46 bits per heavy atom. The highest BCUT2D eigenvalue weighted by atomic mass is 35.5. The molecule has 1 rings (SSSR count). The van der Waals surface area contributed by atoms with Crippen molar-refractivity contribution in [1.82, 2.24) is 0 Å². The summed E-state index contributed by atoms with van der Waals surface area (Å²) in [5.41, 5.74) is 1.54. The van der Waals surface area contributed by atoms with Gasteiger partial charge in [-0.25, -0.2) is 0 Å². The number of rotatable bonds is 3. The molecule has 0 saturated heterocycles. The quantitative estimate of drug-likeness (QED) is 0.785. The van der Waals surface area contributed by atoms with Gasteiger partial charge in [-0.1, -0.05) is 18.5 Å². The van der Waals surface area contributed by atoms with Crippen LogP contribution in [0, 0.1) is 0 Å². The fraction of sp³-hybridized carbons (Fsp3) is 0.400. The van der Waals surface area contributed by atoms with Crippen LogP contribution in [0.15, 0.2) is 12.1 Å². The summed E-state index contributed by atoms with van der Waals surface area (Å²) >= 11 is 5.84. The molecule has 2 nitrogen and oxygen atoms in total. The summed E-state index contributed by atoms with van der Waals surface area (Å²) in [6.07, 6.45) is 1.18. The molecule has 0 aliphatic carbocycles. The average Bonchev–Trinajstić information content (AvgIpc) is 2.11. The van der Waals surface area contributed by atoms with E-state index in [9.17, 15) is 5.11 Å². The second kappa shape index (κ2) is 4.49. The molecule has 0 aromatic heterocycles. The number of phenolic OH excluding ortho intramolecular Hbond substituents is 1. The molecule has 0 saturated carbocycles. The zero-order valence-electron chi connectivity index (χ0n) is 7.55. The summed E-state index contributed by atoms with van der Waals surface area (Å²) in [7, 11) is 0. The minimum atomic E-state index is 0.0249. The molecule has 0 aliphatic heterocycles. The minimum absolute atomic E-state index is 0.0249. The highest BCUT2D eigenvalue weighted by Crippen LogP contribution is 2.27. The molecule has 0 bridgehead atoms. The largest absolute Gasteiger partial charge is 0.507 e. The van der Waals surface area contributed by atoms with E-state index in [-0.39, 0.29) is 12.4 Å².